The minimum atomic E-state index is -0.902. The first-order chi connectivity index (χ1) is 9.54. The lowest BCUT2D eigenvalue weighted by Gasteiger charge is -2.07. The summed E-state index contributed by atoms with van der Waals surface area (Å²) in [7, 11) is 1.31. The molecule has 0 aliphatic rings. The molecular weight excluding hydrogens is 266 g/mol. The highest BCUT2D eigenvalue weighted by atomic mass is 19.1. The Kier molecular flexibility index (Phi) is 2.71. The number of hydrogen-bond donors (Lipinski definition) is 0. The maximum atomic E-state index is 14.1. The van der Waals surface area contributed by atoms with E-state index in [2.05, 4.69) is 0 Å². The fraction of sp³-hybridized carbons (Fsp3) is 0.133. The fourth-order valence-corrected chi connectivity index (χ4v) is 2.26. The molecule has 0 amide bonds. The molecule has 0 N–H and O–H groups in total. The van der Waals surface area contributed by atoms with E-state index in [0.29, 0.717) is 16.3 Å². The van der Waals surface area contributed by atoms with E-state index in [1.807, 2.05) is 0 Å². The van der Waals surface area contributed by atoms with Gasteiger partial charge in [-0.25, -0.2) is 9.18 Å². The van der Waals surface area contributed by atoms with Crippen LogP contribution in [0.4, 0.5) is 8.78 Å². The molecule has 3 rings (SSSR count). The lowest BCUT2D eigenvalue weighted by atomic mass is 10.0. The summed E-state index contributed by atoms with van der Waals surface area (Å²) in [6.07, 6.45) is 0. The molecule has 0 unspecified atom stereocenters. The van der Waals surface area contributed by atoms with Gasteiger partial charge in [0.25, 0.3) is 0 Å². The van der Waals surface area contributed by atoms with Gasteiger partial charge in [-0.05, 0) is 24.6 Å². The van der Waals surface area contributed by atoms with Crippen LogP contribution in [0.2, 0.25) is 0 Å². The molecule has 0 spiro atoms. The normalized spacial score (nSPS) is 11.2. The van der Waals surface area contributed by atoms with Crippen LogP contribution in [0.1, 0.15) is 5.56 Å². The van der Waals surface area contributed by atoms with E-state index in [0.717, 1.165) is 0 Å². The lowest BCUT2D eigenvalue weighted by molar-refractivity contribution is 0.384. The van der Waals surface area contributed by atoms with Crippen LogP contribution in [0.5, 0.6) is 5.75 Å². The molecule has 0 aliphatic heterocycles. The van der Waals surface area contributed by atoms with Crippen molar-refractivity contribution in [2.45, 2.75) is 6.92 Å². The second kappa shape index (κ2) is 4.30. The van der Waals surface area contributed by atoms with Crippen LogP contribution >= 0.6 is 0 Å². The molecule has 0 bridgehead atoms. The molecule has 2 aromatic carbocycles. The van der Waals surface area contributed by atoms with Crippen molar-refractivity contribution in [2.24, 2.45) is 0 Å². The first-order valence-electron chi connectivity index (χ1n) is 5.92. The van der Waals surface area contributed by atoms with E-state index >= 15 is 0 Å². The summed E-state index contributed by atoms with van der Waals surface area (Å²) >= 11 is 0. The monoisotopic (exact) mass is 276 g/mol. The van der Waals surface area contributed by atoms with Gasteiger partial charge in [0, 0.05) is 10.8 Å². The maximum Gasteiger partial charge on any atom is 0.347 e. The van der Waals surface area contributed by atoms with E-state index in [9.17, 15) is 13.6 Å². The zero-order chi connectivity index (χ0) is 14.4. The summed E-state index contributed by atoms with van der Waals surface area (Å²) in [5, 5.41) is 0.486. The summed E-state index contributed by atoms with van der Waals surface area (Å²) in [4.78, 5) is 11.9. The second-order valence-corrected chi connectivity index (χ2v) is 4.47. The summed E-state index contributed by atoms with van der Waals surface area (Å²) in [5.74, 6) is -1.45. The second-order valence-electron chi connectivity index (χ2n) is 4.47. The molecule has 0 atom stereocenters. The molecule has 0 aliphatic carbocycles. The zero-order valence-electron chi connectivity index (χ0n) is 10.8. The van der Waals surface area contributed by atoms with Crippen molar-refractivity contribution < 1.29 is 17.9 Å². The van der Waals surface area contributed by atoms with Crippen LogP contribution in [-0.4, -0.2) is 7.11 Å². The number of hydrogen-bond acceptors (Lipinski definition) is 3. The molecule has 20 heavy (non-hydrogen) atoms. The third-order valence-corrected chi connectivity index (χ3v) is 3.31. The van der Waals surface area contributed by atoms with Crippen LogP contribution in [0, 0.1) is 18.6 Å². The average Bonchev–Trinajstić information content (AvgIpc) is 2.43. The molecule has 5 heteroatoms. The number of halogens is 2. The highest BCUT2D eigenvalue weighted by Gasteiger charge is 2.17. The van der Waals surface area contributed by atoms with Gasteiger partial charge in [0.05, 0.1) is 7.11 Å². The van der Waals surface area contributed by atoms with Crippen LogP contribution in [-0.2, 0) is 0 Å². The molecule has 3 aromatic rings. The van der Waals surface area contributed by atoms with Crippen molar-refractivity contribution >= 4 is 21.7 Å². The van der Waals surface area contributed by atoms with Gasteiger partial charge in [0.2, 0.25) is 5.82 Å². The molecule has 0 radical (unpaired) electrons. The van der Waals surface area contributed by atoms with Gasteiger partial charge in [-0.3, -0.25) is 0 Å². The topological polar surface area (TPSA) is 39.4 Å². The first kappa shape index (κ1) is 12.6. The first-order valence-corrected chi connectivity index (χ1v) is 5.92. The van der Waals surface area contributed by atoms with Crippen LogP contribution in [0.3, 0.4) is 0 Å². The van der Waals surface area contributed by atoms with Gasteiger partial charge in [0.1, 0.15) is 11.2 Å². The van der Waals surface area contributed by atoms with Crippen LogP contribution in [0.15, 0.2) is 33.5 Å². The fourth-order valence-electron chi connectivity index (χ4n) is 2.26. The number of benzene rings is 2. The Morgan fingerprint density at radius 2 is 1.75 bits per heavy atom. The minimum Gasteiger partial charge on any atom is -0.494 e. The van der Waals surface area contributed by atoms with Crippen molar-refractivity contribution in [3.05, 3.63) is 51.9 Å². The van der Waals surface area contributed by atoms with E-state index in [-0.39, 0.29) is 16.7 Å². The van der Waals surface area contributed by atoms with Gasteiger partial charge in [-0.1, -0.05) is 12.1 Å². The SMILES string of the molecule is COc1ccc2c(oc(=O)c3c(F)c(C)ccc32)c1F. The van der Waals surface area contributed by atoms with Gasteiger partial charge in [-0.15, -0.1) is 0 Å². The Labute approximate surface area is 112 Å². The Hall–Kier alpha value is -2.43. The molecule has 0 saturated heterocycles. The third-order valence-electron chi connectivity index (χ3n) is 3.31. The largest absolute Gasteiger partial charge is 0.494 e. The van der Waals surface area contributed by atoms with Gasteiger partial charge in [-0.2, -0.15) is 4.39 Å². The minimum absolute atomic E-state index is 0.0346. The van der Waals surface area contributed by atoms with Crippen molar-refractivity contribution in [1.29, 1.82) is 0 Å². The summed E-state index contributed by atoms with van der Waals surface area (Å²) < 4.78 is 37.9. The third kappa shape index (κ3) is 1.59. The van der Waals surface area contributed by atoms with Gasteiger partial charge < -0.3 is 9.15 Å². The van der Waals surface area contributed by atoms with Gasteiger partial charge >= 0.3 is 5.63 Å². The number of ether oxygens (including phenoxy) is 1. The molecular formula is C15H10F2O3. The molecule has 1 aromatic heterocycles. The van der Waals surface area contributed by atoms with Crippen molar-refractivity contribution in [3.63, 3.8) is 0 Å². The van der Waals surface area contributed by atoms with Crippen molar-refractivity contribution in [1.82, 2.24) is 0 Å². The smallest absolute Gasteiger partial charge is 0.347 e. The quantitative estimate of drug-likeness (QED) is 0.504. The Morgan fingerprint density at radius 3 is 2.45 bits per heavy atom. The highest BCUT2D eigenvalue weighted by molar-refractivity contribution is 6.05. The van der Waals surface area contributed by atoms with E-state index in [1.54, 1.807) is 19.1 Å². The van der Waals surface area contributed by atoms with E-state index < -0.39 is 17.3 Å². The highest BCUT2D eigenvalue weighted by Crippen LogP contribution is 2.31. The van der Waals surface area contributed by atoms with E-state index in [1.165, 1.54) is 19.2 Å². The molecule has 0 saturated carbocycles. The van der Waals surface area contributed by atoms with Gasteiger partial charge in [0.15, 0.2) is 11.3 Å². The molecule has 102 valence electrons. The van der Waals surface area contributed by atoms with Crippen LogP contribution < -0.4 is 10.4 Å². The summed E-state index contributed by atoms with van der Waals surface area (Å²) in [5.41, 5.74) is -0.802. The zero-order valence-corrected chi connectivity index (χ0v) is 10.8. The summed E-state index contributed by atoms with van der Waals surface area (Å²) in [6.45, 7) is 1.55. The Balaban J connectivity index is 2.59. The van der Waals surface area contributed by atoms with E-state index in [4.69, 9.17) is 9.15 Å². The maximum absolute atomic E-state index is 14.1. The predicted molar refractivity (Wildman–Crippen MR) is 71.2 cm³/mol. The van der Waals surface area contributed by atoms with Crippen LogP contribution in [0.25, 0.3) is 21.7 Å². The molecule has 3 nitrogen and oxygen atoms in total. The summed E-state index contributed by atoms with van der Waals surface area (Å²) in [6, 6.07) is 6.07. The number of methoxy groups -OCH3 is 1. The number of rotatable bonds is 1. The lowest BCUT2D eigenvalue weighted by Crippen LogP contribution is -2.05. The van der Waals surface area contributed by atoms with Crippen molar-refractivity contribution in [2.75, 3.05) is 7.11 Å². The Morgan fingerprint density at radius 1 is 1.05 bits per heavy atom. The molecule has 0 fully saturated rings. The van der Waals surface area contributed by atoms with Crippen molar-refractivity contribution in [3.8, 4) is 5.75 Å². The number of fused-ring (bicyclic) bond motifs is 3. The molecule has 1 heterocycles. The predicted octanol–water partition coefficient (Wildman–Crippen LogP) is 3.54. The number of aryl methyl sites for hydroxylation is 1. The Bertz CT molecular complexity index is 897. The standard InChI is InChI=1S/C15H10F2O3/c1-7-3-4-8-9-5-6-10(19-2)13(17)14(9)20-15(18)11(8)12(7)16/h3-6H,1-2H3. The average molecular weight is 276 g/mol.